The summed E-state index contributed by atoms with van der Waals surface area (Å²) in [7, 11) is 0. The van der Waals surface area contributed by atoms with Crippen LogP contribution in [0.15, 0.2) is 0 Å². The van der Waals surface area contributed by atoms with Gasteiger partial charge in [0.1, 0.15) is 0 Å². The number of unbranched alkanes of at least 4 members (excludes halogenated alkanes) is 48. The van der Waals surface area contributed by atoms with Crippen molar-refractivity contribution in [1.82, 2.24) is 5.32 Å². The smallest absolute Gasteiger partial charge is 0.305 e. The van der Waals surface area contributed by atoms with Crippen LogP contribution in [-0.2, 0) is 14.3 Å². The predicted octanol–water partition coefficient (Wildman–Crippen LogP) is 19.5. The first-order chi connectivity index (χ1) is 33.5. The molecule has 68 heavy (non-hydrogen) atoms. The van der Waals surface area contributed by atoms with Crippen molar-refractivity contribution in [2.45, 2.75) is 373 Å². The highest BCUT2D eigenvalue weighted by molar-refractivity contribution is 5.76. The van der Waals surface area contributed by atoms with Crippen molar-refractivity contribution in [3.05, 3.63) is 0 Å². The summed E-state index contributed by atoms with van der Waals surface area (Å²) in [5, 5.41) is 23.3. The maximum Gasteiger partial charge on any atom is 0.305 e. The lowest BCUT2D eigenvalue weighted by Crippen LogP contribution is -2.45. The summed E-state index contributed by atoms with van der Waals surface area (Å²) in [6.07, 6.45) is 68.2. The first-order valence-electron chi connectivity index (χ1n) is 31.3. The molecule has 0 heterocycles. The van der Waals surface area contributed by atoms with E-state index in [1.165, 1.54) is 289 Å². The zero-order valence-corrected chi connectivity index (χ0v) is 46.4. The molecule has 0 aliphatic rings. The van der Waals surface area contributed by atoms with Crippen LogP contribution < -0.4 is 5.32 Å². The van der Waals surface area contributed by atoms with Gasteiger partial charge in [-0.15, -0.1) is 0 Å². The van der Waals surface area contributed by atoms with E-state index in [0.717, 1.165) is 38.5 Å². The minimum Gasteiger partial charge on any atom is -0.466 e. The van der Waals surface area contributed by atoms with Gasteiger partial charge in [0.15, 0.2) is 0 Å². The lowest BCUT2D eigenvalue weighted by molar-refractivity contribution is -0.143. The molecule has 3 N–H and O–H groups in total. The molecule has 0 aromatic carbocycles. The van der Waals surface area contributed by atoms with Crippen molar-refractivity contribution in [3.63, 3.8) is 0 Å². The fraction of sp³-hybridized carbons (Fsp3) is 0.968. The lowest BCUT2D eigenvalue weighted by atomic mass is 10.0. The van der Waals surface area contributed by atoms with Gasteiger partial charge >= 0.3 is 5.97 Å². The molecule has 0 saturated carbocycles. The van der Waals surface area contributed by atoms with Gasteiger partial charge in [0.25, 0.3) is 0 Å². The number of ether oxygens (including phenoxy) is 1. The summed E-state index contributed by atoms with van der Waals surface area (Å²) < 4.78 is 5.47. The summed E-state index contributed by atoms with van der Waals surface area (Å²) in [6, 6.07) is -0.541. The Morgan fingerprint density at radius 3 is 0.897 bits per heavy atom. The number of aliphatic hydroxyl groups excluding tert-OH is 2. The largest absolute Gasteiger partial charge is 0.466 e. The van der Waals surface area contributed by atoms with Crippen LogP contribution in [0, 0.1) is 0 Å². The Morgan fingerprint density at radius 2 is 0.603 bits per heavy atom. The highest BCUT2D eigenvalue weighted by Crippen LogP contribution is 2.19. The lowest BCUT2D eigenvalue weighted by Gasteiger charge is -2.22. The third-order valence-corrected chi connectivity index (χ3v) is 14.9. The van der Waals surface area contributed by atoms with E-state index in [0.29, 0.717) is 25.9 Å². The second-order valence-electron chi connectivity index (χ2n) is 21.8. The average Bonchev–Trinajstić information content (AvgIpc) is 3.34. The standard InChI is InChI=1S/C62H123NO5/c1-3-5-7-9-11-13-15-17-18-19-25-28-31-34-38-42-46-50-54-60(65)59(58-64)63-61(66)55-51-47-43-39-35-32-29-26-23-21-20-22-24-27-30-33-37-41-45-49-53-57-68-62(67)56-52-48-44-40-36-16-14-12-10-8-6-4-2/h59-60,64-65H,3-58H2,1-2H3,(H,63,66). The van der Waals surface area contributed by atoms with Gasteiger partial charge < -0.3 is 20.3 Å². The van der Waals surface area contributed by atoms with Gasteiger partial charge in [0, 0.05) is 12.8 Å². The zero-order chi connectivity index (χ0) is 49.3. The Labute approximate surface area is 426 Å². The second kappa shape index (κ2) is 58.4. The van der Waals surface area contributed by atoms with Crippen molar-refractivity contribution in [1.29, 1.82) is 0 Å². The fourth-order valence-corrected chi connectivity index (χ4v) is 10.1. The molecule has 2 atom stereocenters. The highest BCUT2D eigenvalue weighted by atomic mass is 16.5. The molecule has 0 bridgehead atoms. The molecule has 0 aliphatic heterocycles. The number of hydrogen-bond acceptors (Lipinski definition) is 5. The number of amides is 1. The van der Waals surface area contributed by atoms with Crippen molar-refractivity contribution in [2.24, 2.45) is 0 Å². The molecule has 0 spiro atoms. The van der Waals surface area contributed by atoms with Crippen LogP contribution in [0.5, 0.6) is 0 Å². The van der Waals surface area contributed by atoms with Crippen LogP contribution in [0.3, 0.4) is 0 Å². The molecule has 6 nitrogen and oxygen atoms in total. The summed E-state index contributed by atoms with van der Waals surface area (Å²) in [5.74, 6) is -0.0181. The monoisotopic (exact) mass is 962 g/mol. The number of nitrogens with one attached hydrogen (secondary N) is 1. The average molecular weight is 963 g/mol. The third kappa shape index (κ3) is 54.2. The Balaban J connectivity index is 3.38. The van der Waals surface area contributed by atoms with Crippen LogP contribution in [0.2, 0.25) is 0 Å². The molecule has 406 valence electrons. The minimum atomic E-state index is -0.664. The zero-order valence-electron chi connectivity index (χ0n) is 46.4. The van der Waals surface area contributed by atoms with Crippen LogP contribution in [0.1, 0.15) is 361 Å². The van der Waals surface area contributed by atoms with Gasteiger partial charge in [-0.05, 0) is 25.7 Å². The van der Waals surface area contributed by atoms with Crippen LogP contribution in [0.4, 0.5) is 0 Å². The number of esters is 1. The molecule has 0 aromatic heterocycles. The molecule has 6 heteroatoms. The van der Waals surface area contributed by atoms with E-state index in [4.69, 9.17) is 4.74 Å². The number of aliphatic hydroxyl groups is 2. The Bertz CT molecular complexity index is 975. The Hall–Kier alpha value is -1.14. The first-order valence-corrected chi connectivity index (χ1v) is 31.3. The fourth-order valence-electron chi connectivity index (χ4n) is 10.1. The highest BCUT2D eigenvalue weighted by Gasteiger charge is 2.20. The van der Waals surface area contributed by atoms with E-state index in [2.05, 4.69) is 19.2 Å². The maximum absolute atomic E-state index is 12.5. The van der Waals surface area contributed by atoms with Crippen molar-refractivity contribution in [2.75, 3.05) is 13.2 Å². The van der Waals surface area contributed by atoms with Gasteiger partial charge in [0.2, 0.25) is 5.91 Å². The van der Waals surface area contributed by atoms with Gasteiger partial charge in [-0.1, -0.05) is 322 Å². The minimum absolute atomic E-state index is 0.0138. The normalized spacial score (nSPS) is 12.5. The van der Waals surface area contributed by atoms with Crippen LogP contribution in [-0.4, -0.2) is 47.4 Å². The molecule has 0 saturated heterocycles. The molecule has 0 aromatic rings. The molecule has 2 unspecified atom stereocenters. The summed E-state index contributed by atoms with van der Waals surface area (Å²) >= 11 is 0. The summed E-state index contributed by atoms with van der Waals surface area (Å²) in [5.41, 5.74) is 0. The summed E-state index contributed by atoms with van der Waals surface area (Å²) in [6.45, 7) is 4.98. The van der Waals surface area contributed by atoms with E-state index in [9.17, 15) is 19.8 Å². The van der Waals surface area contributed by atoms with Crippen molar-refractivity contribution < 1.29 is 24.5 Å². The van der Waals surface area contributed by atoms with E-state index in [-0.39, 0.29) is 18.5 Å². The third-order valence-electron chi connectivity index (χ3n) is 14.9. The van der Waals surface area contributed by atoms with E-state index in [1.54, 1.807) is 0 Å². The molecule has 0 rings (SSSR count). The van der Waals surface area contributed by atoms with E-state index >= 15 is 0 Å². The molecule has 1 amide bonds. The quantitative estimate of drug-likeness (QED) is 0.0417. The Morgan fingerprint density at radius 1 is 0.353 bits per heavy atom. The SMILES string of the molecule is CCCCCCCCCCCCCCCCCCCCC(O)C(CO)NC(=O)CCCCCCCCCCCCCCCCCCCCCCCOC(=O)CCCCCCCCCCCCCC. The second-order valence-corrected chi connectivity index (χ2v) is 21.8. The van der Waals surface area contributed by atoms with Gasteiger partial charge in [-0.3, -0.25) is 9.59 Å². The molecule has 0 fully saturated rings. The number of rotatable bonds is 59. The maximum atomic E-state index is 12.5. The van der Waals surface area contributed by atoms with Gasteiger partial charge in [-0.2, -0.15) is 0 Å². The van der Waals surface area contributed by atoms with Gasteiger partial charge in [-0.25, -0.2) is 0 Å². The first kappa shape index (κ1) is 66.9. The van der Waals surface area contributed by atoms with Crippen molar-refractivity contribution >= 4 is 11.9 Å². The number of carbonyl (C=O) groups is 2. The Kier molecular flexibility index (Phi) is 57.5. The number of hydrogen-bond donors (Lipinski definition) is 3. The van der Waals surface area contributed by atoms with E-state index in [1.807, 2.05) is 0 Å². The van der Waals surface area contributed by atoms with E-state index < -0.39 is 12.1 Å². The molecule has 0 radical (unpaired) electrons. The van der Waals surface area contributed by atoms with Gasteiger partial charge in [0.05, 0.1) is 25.4 Å². The number of carbonyl (C=O) groups excluding carboxylic acids is 2. The molecule has 0 aliphatic carbocycles. The van der Waals surface area contributed by atoms with Crippen molar-refractivity contribution in [3.8, 4) is 0 Å². The van der Waals surface area contributed by atoms with Crippen LogP contribution >= 0.6 is 0 Å². The topological polar surface area (TPSA) is 95.9 Å². The van der Waals surface area contributed by atoms with Crippen LogP contribution in [0.25, 0.3) is 0 Å². The predicted molar refractivity (Wildman–Crippen MR) is 297 cm³/mol. The molecular formula is C62H123NO5. The molecular weight excluding hydrogens is 839 g/mol. The summed E-state index contributed by atoms with van der Waals surface area (Å²) in [4.78, 5) is 24.5.